The van der Waals surface area contributed by atoms with Gasteiger partial charge in [0.15, 0.2) is 0 Å². The second-order valence-corrected chi connectivity index (χ2v) is 1.92. The SMILES string of the molecule is CCC(C)[O][Al]=[O]. The van der Waals surface area contributed by atoms with Gasteiger partial charge in [-0.3, -0.25) is 0 Å². The van der Waals surface area contributed by atoms with Gasteiger partial charge in [0.2, 0.25) is 0 Å². The van der Waals surface area contributed by atoms with E-state index in [0.717, 1.165) is 6.42 Å². The van der Waals surface area contributed by atoms with E-state index in [-0.39, 0.29) is 6.10 Å². The second kappa shape index (κ2) is 4.30. The molecule has 0 aromatic carbocycles. The molecule has 0 aromatic heterocycles. The molecule has 0 bridgehead atoms. The third kappa shape index (κ3) is 3.98. The van der Waals surface area contributed by atoms with E-state index in [1.807, 2.05) is 13.8 Å². The second-order valence-electron chi connectivity index (χ2n) is 1.45. The Labute approximate surface area is 50.1 Å². The zero-order chi connectivity index (χ0) is 5.70. The summed E-state index contributed by atoms with van der Waals surface area (Å²) in [5, 5.41) is 0. The van der Waals surface area contributed by atoms with Crippen LogP contribution in [0.5, 0.6) is 0 Å². The third-order valence-corrected chi connectivity index (χ3v) is 1.44. The summed E-state index contributed by atoms with van der Waals surface area (Å²) in [5.41, 5.74) is 0. The molecule has 2 nitrogen and oxygen atoms in total. The van der Waals surface area contributed by atoms with Crippen molar-refractivity contribution < 1.29 is 7.59 Å². The molecule has 40 valence electrons. The zero-order valence-electron chi connectivity index (χ0n) is 4.68. The fourth-order valence-corrected chi connectivity index (χ4v) is 0.573. The molecule has 0 aliphatic rings. The molecule has 0 heterocycles. The number of hydrogen-bond acceptors (Lipinski definition) is 2. The van der Waals surface area contributed by atoms with Gasteiger partial charge in [0, 0.05) is 0 Å². The van der Waals surface area contributed by atoms with Gasteiger partial charge in [-0.15, -0.1) is 0 Å². The van der Waals surface area contributed by atoms with Crippen molar-refractivity contribution in [1.82, 2.24) is 0 Å². The van der Waals surface area contributed by atoms with Crippen molar-refractivity contribution in [2.75, 3.05) is 0 Å². The van der Waals surface area contributed by atoms with Gasteiger partial charge in [-0.2, -0.15) is 0 Å². The molecule has 1 atom stereocenters. The van der Waals surface area contributed by atoms with Gasteiger partial charge < -0.3 is 0 Å². The van der Waals surface area contributed by atoms with E-state index < -0.39 is 15.5 Å². The van der Waals surface area contributed by atoms with E-state index in [1.54, 1.807) is 0 Å². The van der Waals surface area contributed by atoms with Gasteiger partial charge in [0.1, 0.15) is 0 Å². The van der Waals surface area contributed by atoms with Crippen LogP contribution in [-0.4, -0.2) is 21.6 Å². The Kier molecular flexibility index (Phi) is 4.38. The molecule has 0 spiro atoms. The Bertz CT molecular complexity index is 55.7. The molecule has 0 aliphatic carbocycles. The van der Waals surface area contributed by atoms with Crippen molar-refractivity contribution in [1.29, 1.82) is 0 Å². The molecule has 0 radical (unpaired) electrons. The fourth-order valence-electron chi connectivity index (χ4n) is 0.191. The number of rotatable bonds is 3. The van der Waals surface area contributed by atoms with Gasteiger partial charge >= 0.3 is 49.5 Å². The molecule has 3 heteroatoms. The van der Waals surface area contributed by atoms with Crippen LogP contribution in [0.4, 0.5) is 0 Å². The molecule has 0 aromatic rings. The van der Waals surface area contributed by atoms with Crippen molar-refractivity contribution in [3.63, 3.8) is 0 Å². The topological polar surface area (TPSA) is 26.3 Å². The maximum absolute atomic E-state index is 9.76. The van der Waals surface area contributed by atoms with Crippen LogP contribution in [0.1, 0.15) is 20.3 Å². The molecule has 0 rings (SSSR count). The van der Waals surface area contributed by atoms with Crippen molar-refractivity contribution in [2.45, 2.75) is 26.4 Å². The first kappa shape index (κ1) is 7.13. The van der Waals surface area contributed by atoms with E-state index in [4.69, 9.17) is 3.79 Å². The van der Waals surface area contributed by atoms with Crippen molar-refractivity contribution >= 4 is 15.5 Å². The van der Waals surface area contributed by atoms with Crippen molar-refractivity contribution in [3.8, 4) is 0 Å². The summed E-state index contributed by atoms with van der Waals surface area (Å²) >= 11 is -1.000. The van der Waals surface area contributed by atoms with E-state index in [9.17, 15) is 3.80 Å². The van der Waals surface area contributed by atoms with Crippen molar-refractivity contribution in [2.24, 2.45) is 0 Å². The monoisotopic (exact) mass is 116 g/mol. The molecular formula is C4H9AlO2. The van der Waals surface area contributed by atoms with Crippen LogP contribution in [0.3, 0.4) is 0 Å². The van der Waals surface area contributed by atoms with Gasteiger partial charge in [-0.25, -0.2) is 0 Å². The Morgan fingerprint density at radius 2 is 2.43 bits per heavy atom. The molecule has 0 amide bonds. The first-order chi connectivity index (χ1) is 3.31. The van der Waals surface area contributed by atoms with Crippen molar-refractivity contribution in [3.05, 3.63) is 0 Å². The van der Waals surface area contributed by atoms with Gasteiger partial charge in [-0.05, 0) is 0 Å². The molecule has 1 unspecified atom stereocenters. The van der Waals surface area contributed by atoms with Crippen LogP contribution in [0, 0.1) is 0 Å². The summed E-state index contributed by atoms with van der Waals surface area (Å²) in [6.45, 7) is 3.91. The average Bonchev–Trinajstić information content (AvgIpc) is 1.68. The summed E-state index contributed by atoms with van der Waals surface area (Å²) in [6, 6.07) is 0. The first-order valence-corrected chi connectivity index (χ1v) is 3.34. The zero-order valence-corrected chi connectivity index (χ0v) is 5.83. The van der Waals surface area contributed by atoms with Crippen LogP contribution in [0.2, 0.25) is 0 Å². The minimum atomic E-state index is -1.000. The van der Waals surface area contributed by atoms with E-state index in [1.165, 1.54) is 0 Å². The Balaban J connectivity index is 2.98. The summed E-state index contributed by atoms with van der Waals surface area (Å²) < 4.78 is 14.5. The number of hydrogen-bond donors (Lipinski definition) is 0. The predicted molar refractivity (Wildman–Crippen MR) is 27.3 cm³/mol. The van der Waals surface area contributed by atoms with Crippen LogP contribution >= 0.6 is 0 Å². The third-order valence-electron chi connectivity index (χ3n) is 0.863. The van der Waals surface area contributed by atoms with Gasteiger partial charge in [0.05, 0.1) is 0 Å². The maximum atomic E-state index is 9.76. The molecule has 0 N–H and O–H groups in total. The fraction of sp³-hybridized carbons (Fsp3) is 1.00. The van der Waals surface area contributed by atoms with Crippen LogP contribution in [0.25, 0.3) is 0 Å². The average molecular weight is 116 g/mol. The normalized spacial score (nSPS) is 12.3. The minimum absolute atomic E-state index is 0.174. The quantitative estimate of drug-likeness (QED) is 0.509. The van der Waals surface area contributed by atoms with Gasteiger partial charge in [-0.1, -0.05) is 0 Å². The summed E-state index contributed by atoms with van der Waals surface area (Å²) in [6.07, 6.45) is 1.11. The molecule has 7 heavy (non-hydrogen) atoms. The van der Waals surface area contributed by atoms with Crippen LogP contribution < -0.4 is 0 Å². The molecule has 0 aliphatic heterocycles. The Morgan fingerprint density at radius 1 is 1.86 bits per heavy atom. The summed E-state index contributed by atoms with van der Waals surface area (Å²) in [5.74, 6) is 0. The predicted octanol–water partition coefficient (Wildman–Crippen LogP) is 0.766. The molecule has 0 fully saturated rings. The van der Waals surface area contributed by atoms with Crippen LogP contribution in [0.15, 0.2) is 0 Å². The summed E-state index contributed by atoms with van der Waals surface area (Å²) in [4.78, 5) is 0. The first-order valence-electron chi connectivity index (χ1n) is 2.40. The van der Waals surface area contributed by atoms with Crippen LogP contribution in [-0.2, 0) is 7.59 Å². The standard InChI is InChI=1S/C4H9O.Al.O/c1-3-4(2)5;;/h4H,3H2,1-2H3;;/q-1;+1;. The van der Waals surface area contributed by atoms with E-state index in [0.29, 0.717) is 0 Å². The van der Waals surface area contributed by atoms with E-state index in [2.05, 4.69) is 0 Å². The molecule has 0 saturated heterocycles. The summed E-state index contributed by atoms with van der Waals surface area (Å²) in [7, 11) is 0. The molecule has 0 saturated carbocycles. The molecular weight excluding hydrogens is 107 g/mol. The van der Waals surface area contributed by atoms with Gasteiger partial charge in [0.25, 0.3) is 0 Å². The van der Waals surface area contributed by atoms with E-state index >= 15 is 0 Å². The Morgan fingerprint density at radius 3 is 2.57 bits per heavy atom. The Hall–Kier alpha value is 0.132.